The number of thioether (sulfide) groups is 1. The summed E-state index contributed by atoms with van der Waals surface area (Å²) in [5.74, 6) is 0.435. The lowest BCUT2D eigenvalue weighted by molar-refractivity contribution is 0.0602. The van der Waals surface area contributed by atoms with Crippen molar-refractivity contribution < 1.29 is 9.59 Å². The largest absolute Gasteiger partial charge is 0.274 e. The van der Waals surface area contributed by atoms with Crippen molar-refractivity contribution in [3.05, 3.63) is 59.9 Å². The van der Waals surface area contributed by atoms with Gasteiger partial charge in [-0.05, 0) is 29.7 Å². The highest BCUT2D eigenvalue weighted by molar-refractivity contribution is 7.99. The van der Waals surface area contributed by atoms with E-state index in [1.807, 2.05) is 12.1 Å². The summed E-state index contributed by atoms with van der Waals surface area (Å²) in [6.07, 6.45) is 3.53. The third-order valence-corrected chi connectivity index (χ3v) is 5.27. The maximum atomic E-state index is 12.4. The van der Waals surface area contributed by atoms with E-state index in [0.717, 1.165) is 10.6 Å². The first-order valence-corrected chi connectivity index (χ1v) is 8.44. The van der Waals surface area contributed by atoms with E-state index in [-0.39, 0.29) is 17.2 Å². The lowest BCUT2D eigenvalue weighted by Gasteiger charge is -2.28. The Kier molecular flexibility index (Phi) is 4.22. The number of pyridine rings is 1. The Bertz CT molecular complexity index is 709. The summed E-state index contributed by atoms with van der Waals surface area (Å²) in [4.78, 5) is 31.4. The fourth-order valence-electron chi connectivity index (χ4n) is 2.57. The quantitative estimate of drug-likeness (QED) is 0.623. The Labute approximate surface area is 139 Å². The molecule has 0 spiro atoms. The van der Waals surface area contributed by atoms with Crippen molar-refractivity contribution in [2.45, 2.75) is 18.7 Å². The van der Waals surface area contributed by atoms with E-state index in [1.54, 1.807) is 48.4 Å². The zero-order valence-corrected chi connectivity index (χ0v) is 14.0. The van der Waals surface area contributed by atoms with E-state index in [1.165, 1.54) is 4.90 Å². The van der Waals surface area contributed by atoms with Gasteiger partial charge in [0.1, 0.15) is 0 Å². The van der Waals surface area contributed by atoms with Gasteiger partial charge in [0.05, 0.1) is 11.1 Å². The minimum atomic E-state index is -0.187. The summed E-state index contributed by atoms with van der Waals surface area (Å²) >= 11 is 1.71. The molecule has 1 aromatic carbocycles. The van der Waals surface area contributed by atoms with Gasteiger partial charge in [0.2, 0.25) is 0 Å². The molecule has 1 aromatic heterocycles. The predicted octanol–water partition coefficient (Wildman–Crippen LogP) is 3.50. The van der Waals surface area contributed by atoms with Gasteiger partial charge in [-0.1, -0.05) is 26.0 Å². The van der Waals surface area contributed by atoms with Crippen LogP contribution in [0.1, 0.15) is 34.6 Å². The van der Waals surface area contributed by atoms with Gasteiger partial charge in [-0.25, -0.2) is 0 Å². The number of benzene rings is 1. The Morgan fingerprint density at radius 3 is 2.13 bits per heavy atom. The number of carbonyl (C=O) groups is 2. The Balaban J connectivity index is 1.69. The van der Waals surface area contributed by atoms with E-state index >= 15 is 0 Å². The van der Waals surface area contributed by atoms with Crippen molar-refractivity contribution in [3.8, 4) is 0 Å². The fourth-order valence-corrected chi connectivity index (χ4v) is 3.53. The second kappa shape index (κ2) is 6.16. The molecule has 0 bridgehead atoms. The lowest BCUT2D eigenvalue weighted by Crippen LogP contribution is -2.39. The number of rotatable bonds is 5. The highest BCUT2D eigenvalue weighted by atomic mass is 32.2. The Morgan fingerprint density at radius 2 is 1.57 bits per heavy atom. The minimum Gasteiger partial charge on any atom is -0.274 e. The molecular weight excluding hydrogens is 308 g/mol. The molecular formula is C18H18N2O2S. The van der Waals surface area contributed by atoms with E-state index in [2.05, 4.69) is 18.8 Å². The second-order valence-corrected chi connectivity index (χ2v) is 7.43. The smallest absolute Gasteiger partial charge is 0.261 e. The molecule has 0 atom stereocenters. The number of amides is 2. The molecule has 3 rings (SSSR count). The number of hydrogen-bond acceptors (Lipinski definition) is 4. The zero-order valence-electron chi connectivity index (χ0n) is 13.2. The second-order valence-electron chi connectivity index (χ2n) is 6.38. The molecule has 0 fully saturated rings. The Morgan fingerprint density at radius 1 is 1.00 bits per heavy atom. The summed E-state index contributed by atoms with van der Waals surface area (Å²) in [5, 5.41) is 0. The number of nitrogens with zero attached hydrogens (tertiary/aromatic N) is 2. The molecule has 2 amide bonds. The van der Waals surface area contributed by atoms with Gasteiger partial charge in [-0.15, -0.1) is 11.8 Å². The highest BCUT2D eigenvalue weighted by Crippen LogP contribution is 2.31. The number of aromatic nitrogens is 1. The monoisotopic (exact) mass is 326 g/mol. The summed E-state index contributed by atoms with van der Waals surface area (Å²) < 4.78 is 0. The van der Waals surface area contributed by atoms with Gasteiger partial charge in [-0.3, -0.25) is 19.5 Å². The van der Waals surface area contributed by atoms with Crippen LogP contribution in [-0.2, 0) is 0 Å². The van der Waals surface area contributed by atoms with Gasteiger partial charge in [0.15, 0.2) is 0 Å². The van der Waals surface area contributed by atoms with Gasteiger partial charge in [0, 0.05) is 29.6 Å². The first-order chi connectivity index (χ1) is 11.0. The van der Waals surface area contributed by atoms with E-state index in [9.17, 15) is 9.59 Å². The number of carbonyl (C=O) groups excluding carboxylic acids is 2. The summed E-state index contributed by atoms with van der Waals surface area (Å²) in [5.41, 5.74) is 0.839. The molecule has 2 aromatic rings. The average Bonchev–Trinajstić information content (AvgIpc) is 2.79. The van der Waals surface area contributed by atoms with Crippen LogP contribution in [0.5, 0.6) is 0 Å². The SMILES string of the molecule is CC(C)(CSc1ccncc1)CN1C(=O)c2ccccc2C1=O. The van der Waals surface area contributed by atoms with Crippen molar-refractivity contribution in [2.75, 3.05) is 12.3 Å². The van der Waals surface area contributed by atoms with Gasteiger partial charge in [-0.2, -0.15) is 0 Å². The summed E-state index contributed by atoms with van der Waals surface area (Å²) in [6.45, 7) is 4.56. The first kappa shape index (κ1) is 15.7. The van der Waals surface area contributed by atoms with Crippen LogP contribution in [0.4, 0.5) is 0 Å². The molecule has 1 aliphatic heterocycles. The van der Waals surface area contributed by atoms with Crippen LogP contribution in [-0.4, -0.2) is 34.0 Å². The molecule has 118 valence electrons. The zero-order chi connectivity index (χ0) is 16.4. The van der Waals surface area contributed by atoms with Crippen molar-refractivity contribution in [1.29, 1.82) is 0 Å². The standard InChI is InChI=1S/C18H18N2O2S/c1-18(2,12-23-13-7-9-19-10-8-13)11-20-16(21)14-5-3-4-6-15(14)17(20)22/h3-10H,11-12H2,1-2H3. The third-order valence-electron chi connectivity index (χ3n) is 3.74. The summed E-state index contributed by atoms with van der Waals surface area (Å²) in [7, 11) is 0. The molecule has 0 aliphatic carbocycles. The van der Waals surface area contributed by atoms with E-state index in [0.29, 0.717) is 17.7 Å². The van der Waals surface area contributed by atoms with Crippen LogP contribution in [0.2, 0.25) is 0 Å². The molecule has 5 heteroatoms. The van der Waals surface area contributed by atoms with Crippen molar-refractivity contribution in [2.24, 2.45) is 5.41 Å². The molecule has 0 N–H and O–H groups in total. The molecule has 0 saturated heterocycles. The molecule has 1 aliphatic rings. The van der Waals surface area contributed by atoms with Crippen LogP contribution < -0.4 is 0 Å². The number of fused-ring (bicyclic) bond motifs is 1. The molecule has 2 heterocycles. The van der Waals surface area contributed by atoms with Crippen LogP contribution in [0.3, 0.4) is 0 Å². The first-order valence-electron chi connectivity index (χ1n) is 7.46. The number of imide groups is 1. The van der Waals surface area contributed by atoms with Gasteiger partial charge < -0.3 is 0 Å². The van der Waals surface area contributed by atoms with Crippen molar-refractivity contribution in [3.63, 3.8) is 0 Å². The van der Waals surface area contributed by atoms with E-state index < -0.39 is 0 Å². The normalized spacial score (nSPS) is 14.3. The highest BCUT2D eigenvalue weighted by Gasteiger charge is 2.38. The maximum Gasteiger partial charge on any atom is 0.261 e. The average molecular weight is 326 g/mol. The minimum absolute atomic E-state index is 0.179. The molecule has 23 heavy (non-hydrogen) atoms. The molecule has 0 radical (unpaired) electrons. The van der Waals surface area contributed by atoms with Crippen LogP contribution in [0.25, 0.3) is 0 Å². The van der Waals surface area contributed by atoms with Crippen LogP contribution >= 0.6 is 11.8 Å². The van der Waals surface area contributed by atoms with Crippen LogP contribution in [0.15, 0.2) is 53.7 Å². The van der Waals surface area contributed by atoms with Crippen LogP contribution in [0, 0.1) is 5.41 Å². The van der Waals surface area contributed by atoms with Crippen molar-refractivity contribution >= 4 is 23.6 Å². The maximum absolute atomic E-state index is 12.4. The fraction of sp³-hybridized carbons (Fsp3) is 0.278. The molecule has 0 unspecified atom stereocenters. The van der Waals surface area contributed by atoms with Crippen molar-refractivity contribution in [1.82, 2.24) is 9.88 Å². The van der Waals surface area contributed by atoms with Gasteiger partial charge >= 0.3 is 0 Å². The third kappa shape index (κ3) is 3.29. The molecule has 4 nitrogen and oxygen atoms in total. The van der Waals surface area contributed by atoms with Gasteiger partial charge in [0.25, 0.3) is 11.8 Å². The predicted molar refractivity (Wildman–Crippen MR) is 90.6 cm³/mol. The number of hydrogen-bond donors (Lipinski definition) is 0. The van der Waals surface area contributed by atoms with E-state index in [4.69, 9.17) is 0 Å². The molecule has 0 saturated carbocycles. The lowest BCUT2D eigenvalue weighted by atomic mass is 9.95. The summed E-state index contributed by atoms with van der Waals surface area (Å²) in [6, 6.07) is 10.9. The Hall–Kier alpha value is -2.14. The topological polar surface area (TPSA) is 50.3 Å².